The third kappa shape index (κ3) is 3.47. The Balaban J connectivity index is 2.11. The second kappa shape index (κ2) is 7.88. The molecular formula is C21H20N2O4. The number of Topliss-reactive ketones (excluding diaryl/α,β-unsaturated/α-hetero) is 1. The van der Waals surface area contributed by atoms with E-state index in [1.54, 1.807) is 18.2 Å². The molecule has 0 radical (unpaired) electrons. The molecule has 1 aromatic rings. The van der Waals surface area contributed by atoms with Crippen LogP contribution in [0.4, 0.5) is 0 Å². The molecule has 0 unspecified atom stereocenters. The smallest absolute Gasteiger partial charge is 0.205 e. The van der Waals surface area contributed by atoms with Gasteiger partial charge in [-0.05, 0) is 31.0 Å². The summed E-state index contributed by atoms with van der Waals surface area (Å²) in [6.45, 7) is 2.40. The molecule has 6 nitrogen and oxygen atoms in total. The van der Waals surface area contributed by atoms with E-state index in [2.05, 4.69) is 12.0 Å². The number of allylic oxidation sites excluding steroid dienone is 3. The topological polar surface area (TPSA) is 94.6 Å². The molecule has 1 aromatic carbocycles. The summed E-state index contributed by atoms with van der Waals surface area (Å²) in [6.07, 6.45) is 7.02. The molecule has 2 aliphatic rings. The molecule has 1 atom stereocenters. The maximum Gasteiger partial charge on any atom is 0.205 e. The molecule has 27 heavy (non-hydrogen) atoms. The minimum absolute atomic E-state index is 0.0212. The number of nitrogens with two attached hydrogens (primary N) is 1. The van der Waals surface area contributed by atoms with Crippen LogP contribution in [0.5, 0.6) is 11.5 Å². The zero-order valence-electron chi connectivity index (χ0n) is 15.1. The first kappa shape index (κ1) is 18.4. The normalized spacial score (nSPS) is 18.9. The van der Waals surface area contributed by atoms with Crippen molar-refractivity contribution in [2.45, 2.75) is 32.1 Å². The van der Waals surface area contributed by atoms with Crippen LogP contribution in [-0.2, 0) is 9.53 Å². The second-order valence-electron chi connectivity index (χ2n) is 6.17. The summed E-state index contributed by atoms with van der Waals surface area (Å²) >= 11 is 0. The van der Waals surface area contributed by atoms with E-state index < -0.39 is 5.92 Å². The third-order valence-electron chi connectivity index (χ3n) is 4.52. The molecule has 0 aromatic heterocycles. The number of nitrogens with zero attached hydrogens (tertiary/aromatic N) is 1. The van der Waals surface area contributed by atoms with Gasteiger partial charge in [-0.2, -0.15) is 5.26 Å². The number of rotatable bonds is 5. The summed E-state index contributed by atoms with van der Waals surface area (Å²) in [4.78, 5) is 12.6. The van der Waals surface area contributed by atoms with E-state index in [0.29, 0.717) is 48.7 Å². The minimum atomic E-state index is -0.576. The first-order chi connectivity index (χ1) is 13.1. The van der Waals surface area contributed by atoms with Gasteiger partial charge in [0.15, 0.2) is 17.3 Å². The number of ketones is 1. The average molecular weight is 364 g/mol. The largest absolute Gasteiger partial charge is 0.490 e. The van der Waals surface area contributed by atoms with Crippen LogP contribution in [0, 0.1) is 23.7 Å². The highest BCUT2D eigenvalue weighted by molar-refractivity contribution is 5.99. The van der Waals surface area contributed by atoms with Gasteiger partial charge in [0.25, 0.3) is 0 Å². The Hall–Kier alpha value is -3.38. The van der Waals surface area contributed by atoms with E-state index in [-0.39, 0.29) is 23.8 Å². The van der Waals surface area contributed by atoms with Crippen molar-refractivity contribution in [3.05, 3.63) is 46.6 Å². The van der Waals surface area contributed by atoms with E-state index >= 15 is 0 Å². The summed E-state index contributed by atoms with van der Waals surface area (Å²) < 4.78 is 16.8. The predicted octanol–water partition coefficient (Wildman–Crippen LogP) is 2.91. The quantitative estimate of drug-likeness (QED) is 0.807. The van der Waals surface area contributed by atoms with Gasteiger partial charge in [-0.25, -0.2) is 0 Å². The van der Waals surface area contributed by atoms with Gasteiger partial charge < -0.3 is 19.9 Å². The van der Waals surface area contributed by atoms with Crippen molar-refractivity contribution >= 4 is 5.78 Å². The lowest BCUT2D eigenvalue weighted by Gasteiger charge is -2.31. The average Bonchev–Trinajstić information content (AvgIpc) is 2.66. The first-order valence-corrected chi connectivity index (χ1v) is 8.77. The van der Waals surface area contributed by atoms with Crippen molar-refractivity contribution in [2.24, 2.45) is 5.73 Å². The molecule has 0 amide bonds. The summed E-state index contributed by atoms with van der Waals surface area (Å²) in [7, 11) is 0. The van der Waals surface area contributed by atoms with Crippen LogP contribution in [0.15, 0.2) is 41.0 Å². The molecule has 2 N–H and O–H groups in total. The number of hydrogen-bond donors (Lipinski definition) is 1. The van der Waals surface area contributed by atoms with E-state index in [0.717, 1.165) is 5.56 Å². The highest BCUT2D eigenvalue weighted by Gasteiger charge is 2.38. The van der Waals surface area contributed by atoms with Crippen molar-refractivity contribution < 1.29 is 19.0 Å². The summed E-state index contributed by atoms with van der Waals surface area (Å²) in [6, 6.07) is 7.39. The molecule has 1 aliphatic heterocycles. The molecule has 138 valence electrons. The Bertz CT molecular complexity index is 915. The summed E-state index contributed by atoms with van der Waals surface area (Å²) in [5, 5.41) is 9.63. The van der Waals surface area contributed by atoms with Gasteiger partial charge in [-0.15, -0.1) is 6.42 Å². The Morgan fingerprint density at radius 3 is 2.85 bits per heavy atom. The minimum Gasteiger partial charge on any atom is -0.490 e. The van der Waals surface area contributed by atoms with Gasteiger partial charge in [0.1, 0.15) is 24.0 Å². The number of ether oxygens (including phenoxy) is 3. The zero-order chi connectivity index (χ0) is 19.4. The summed E-state index contributed by atoms with van der Waals surface area (Å²) in [5.74, 6) is 3.42. The molecule has 0 saturated heterocycles. The monoisotopic (exact) mass is 364 g/mol. The number of carbonyl (C=O) groups is 1. The Labute approximate surface area is 158 Å². The molecule has 1 aliphatic carbocycles. The fourth-order valence-corrected chi connectivity index (χ4v) is 3.40. The number of nitriles is 1. The van der Waals surface area contributed by atoms with Gasteiger partial charge in [0.2, 0.25) is 5.88 Å². The molecule has 0 saturated carbocycles. The number of carbonyl (C=O) groups excluding carboxylic acids is 1. The lowest BCUT2D eigenvalue weighted by molar-refractivity contribution is -0.116. The standard InChI is InChI=1S/C21H20N2O4/c1-3-10-26-16-9-8-13(11-18(16)25-4-2)19-14(12-22)21(23)27-17-7-5-6-15(24)20(17)19/h1,8-9,11,19H,4-7,10,23H2,2H3/t19-/m0/s1. The third-order valence-corrected chi connectivity index (χ3v) is 4.52. The SMILES string of the molecule is C#CCOc1ccc([C@H]2C(C#N)=C(N)OC3=C2C(=O)CCC3)cc1OCC. The molecule has 1 heterocycles. The molecule has 0 spiro atoms. The lowest BCUT2D eigenvalue weighted by atomic mass is 9.77. The van der Waals surface area contributed by atoms with Crippen LogP contribution in [0.1, 0.15) is 37.7 Å². The van der Waals surface area contributed by atoms with Crippen LogP contribution in [0.2, 0.25) is 0 Å². The van der Waals surface area contributed by atoms with E-state index in [1.807, 2.05) is 6.92 Å². The Kier molecular flexibility index (Phi) is 5.38. The highest BCUT2D eigenvalue weighted by Crippen LogP contribution is 2.45. The van der Waals surface area contributed by atoms with E-state index in [4.69, 9.17) is 26.4 Å². The van der Waals surface area contributed by atoms with Gasteiger partial charge in [-0.1, -0.05) is 12.0 Å². The predicted molar refractivity (Wildman–Crippen MR) is 98.5 cm³/mol. The Morgan fingerprint density at radius 2 is 2.15 bits per heavy atom. The van der Waals surface area contributed by atoms with Crippen LogP contribution < -0.4 is 15.2 Å². The van der Waals surface area contributed by atoms with Crippen LogP contribution in [0.25, 0.3) is 0 Å². The maximum absolute atomic E-state index is 12.6. The van der Waals surface area contributed by atoms with Gasteiger partial charge in [0, 0.05) is 18.4 Å². The fourth-order valence-electron chi connectivity index (χ4n) is 3.40. The molecule has 0 bridgehead atoms. The maximum atomic E-state index is 12.6. The molecule has 3 rings (SSSR count). The molecule has 6 heteroatoms. The van der Waals surface area contributed by atoms with E-state index in [9.17, 15) is 10.1 Å². The van der Waals surface area contributed by atoms with Crippen LogP contribution in [-0.4, -0.2) is 19.0 Å². The fraction of sp³-hybridized carbons (Fsp3) is 0.333. The van der Waals surface area contributed by atoms with Crippen molar-refractivity contribution in [2.75, 3.05) is 13.2 Å². The number of benzene rings is 1. The second-order valence-corrected chi connectivity index (χ2v) is 6.17. The van der Waals surface area contributed by atoms with Crippen molar-refractivity contribution in [3.8, 4) is 29.9 Å². The van der Waals surface area contributed by atoms with Crippen LogP contribution >= 0.6 is 0 Å². The number of hydrogen-bond acceptors (Lipinski definition) is 6. The lowest BCUT2D eigenvalue weighted by Crippen LogP contribution is -2.27. The first-order valence-electron chi connectivity index (χ1n) is 8.77. The van der Waals surface area contributed by atoms with Crippen molar-refractivity contribution in [1.29, 1.82) is 5.26 Å². The summed E-state index contributed by atoms with van der Waals surface area (Å²) in [5.41, 5.74) is 7.42. The zero-order valence-corrected chi connectivity index (χ0v) is 15.1. The van der Waals surface area contributed by atoms with Gasteiger partial charge in [0.05, 0.1) is 12.5 Å². The number of terminal acetylenes is 1. The van der Waals surface area contributed by atoms with Gasteiger partial charge in [-0.3, -0.25) is 4.79 Å². The molecular weight excluding hydrogens is 344 g/mol. The van der Waals surface area contributed by atoms with Gasteiger partial charge >= 0.3 is 0 Å². The molecule has 0 fully saturated rings. The van der Waals surface area contributed by atoms with Crippen molar-refractivity contribution in [1.82, 2.24) is 0 Å². The van der Waals surface area contributed by atoms with Crippen LogP contribution in [0.3, 0.4) is 0 Å². The van der Waals surface area contributed by atoms with E-state index in [1.165, 1.54) is 0 Å². The highest BCUT2D eigenvalue weighted by atomic mass is 16.5. The van der Waals surface area contributed by atoms with Crippen molar-refractivity contribution in [3.63, 3.8) is 0 Å². The Morgan fingerprint density at radius 1 is 1.33 bits per heavy atom.